The van der Waals surface area contributed by atoms with Crippen LogP contribution in [-0.2, 0) is 35.7 Å². The molecule has 2 aliphatic rings. The number of fused-ring (bicyclic) bond motifs is 6. The number of carbonyl (C=O) groups is 2. The van der Waals surface area contributed by atoms with Crippen LogP contribution in [0.2, 0.25) is 0 Å². The number of ether oxygens (including phenoxy) is 2. The van der Waals surface area contributed by atoms with Gasteiger partial charge in [0.25, 0.3) is 0 Å². The molecule has 0 N–H and O–H groups in total. The van der Waals surface area contributed by atoms with E-state index in [9.17, 15) is 9.59 Å². The second kappa shape index (κ2) is 20.0. The molecule has 6 nitrogen and oxygen atoms in total. The third-order valence-electron chi connectivity index (χ3n) is 10.9. The van der Waals surface area contributed by atoms with Gasteiger partial charge in [0.15, 0.2) is 0 Å². The van der Waals surface area contributed by atoms with Crippen LogP contribution in [0.25, 0.3) is 32.7 Å². The lowest BCUT2D eigenvalue weighted by molar-refractivity contribution is 0.0920. The maximum Gasteiger partial charge on any atom is 0.410 e. The van der Waals surface area contributed by atoms with Crippen molar-refractivity contribution in [2.75, 3.05) is 19.6 Å². The lowest BCUT2D eigenvalue weighted by Crippen LogP contribution is -2.36. The van der Waals surface area contributed by atoms with E-state index in [1.165, 1.54) is 54.9 Å². The van der Waals surface area contributed by atoms with Crippen LogP contribution in [-0.4, -0.2) is 41.6 Å². The first-order chi connectivity index (χ1) is 28.9. The minimum absolute atomic E-state index is 0.217. The summed E-state index contributed by atoms with van der Waals surface area (Å²) in [6.07, 6.45) is 1.34. The summed E-state index contributed by atoms with van der Waals surface area (Å²) in [6.45, 7) is 7.58. The fourth-order valence-electron chi connectivity index (χ4n) is 7.53. The minimum Gasteiger partial charge on any atom is -0.445 e. The molecule has 0 aromatic heterocycles. The van der Waals surface area contributed by atoms with Gasteiger partial charge in [0.05, 0.1) is 0 Å². The quantitative estimate of drug-likeness (QED) is 0.128. The summed E-state index contributed by atoms with van der Waals surface area (Å²) >= 11 is 3.53. The summed E-state index contributed by atoms with van der Waals surface area (Å²) in [5, 5.41) is 5.07. The van der Waals surface area contributed by atoms with Crippen LogP contribution in [0.15, 0.2) is 179 Å². The van der Waals surface area contributed by atoms with Crippen molar-refractivity contribution in [3.05, 3.63) is 202 Å². The molecule has 0 aliphatic carbocycles. The molecule has 0 atom stereocenters. The molecular weight excluding hydrogens is 796 g/mol. The highest BCUT2D eigenvalue weighted by molar-refractivity contribution is 9.10. The SMILES string of the molecule is Brc1ccccc1-c1ccccc1.CC1=C(C)CN(C(=O)OCc2ccccc2)CC1.O=C(OCc1ccccc1)N1CCc2c(c3ccccc3c3ccccc23)C1. The third-order valence-corrected chi connectivity index (χ3v) is 11.6. The zero-order chi connectivity index (χ0) is 41.0. The Hall–Kier alpha value is -6.18. The van der Waals surface area contributed by atoms with E-state index in [4.69, 9.17) is 9.47 Å². The first-order valence-electron chi connectivity index (χ1n) is 20.1. The van der Waals surface area contributed by atoms with Crippen molar-refractivity contribution in [1.82, 2.24) is 9.80 Å². The fraction of sp³-hybridized carbons (Fsp3) is 0.192. The highest BCUT2D eigenvalue weighted by atomic mass is 79.9. The molecule has 298 valence electrons. The maximum absolute atomic E-state index is 12.7. The number of nitrogens with zero attached hydrogens (tertiary/aromatic N) is 2. The highest BCUT2D eigenvalue weighted by Gasteiger charge is 2.25. The van der Waals surface area contributed by atoms with Gasteiger partial charge in [-0.2, -0.15) is 0 Å². The third kappa shape index (κ3) is 10.5. The van der Waals surface area contributed by atoms with Gasteiger partial charge in [-0.1, -0.05) is 185 Å². The van der Waals surface area contributed by atoms with Gasteiger partial charge in [0, 0.05) is 30.7 Å². The Morgan fingerprint density at radius 1 is 0.492 bits per heavy atom. The molecule has 0 bridgehead atoms. The van der Waals surface area contributed by atoms with Crippen molar-refractivity contribution >= 4 is 49.7 Å². The van der Waals surface area contributed by atoms with E-state index in [2.05, 4.69) is 115 Å². The van der Waals surface area contributed by atoms with Gasteiger partial charge >= 0.3 is 12.2 Å². The molecule has 0 saturated carbocycles. The summed E-state index contributed by atoms with van der Waals surface area (Å²) in [7, 11) is 0. The molecular formula is C52H49BrN2O4. The molecule has 7 aromatic rings. The van der Waals surface area contributed by atoms with Gasteiger partial charge in [-0.15, -0.1) is 0 Å². The van der Waals surface area contributed by atoms with Crippen LogP contribution in [0.1, 0.15) is 42.5 Å². The number of halogens is 1. The largest absolute Gasteiger partial charge is 0.445 e. The average molecular weight is 846 g/mol. The van der Waals surface area contributed by atoms with Gasteiger partial charge in [0.1, 0.15) is 13.2 Å². The fourth-order valence-corrected chi connectivity index (χ4v) is 8.05. The average Bonchev–Trinajstić information content (AvgIpc) is 3.30. The summed E-state index contributed by atoms with van der Waals surface area (Å²) in [5.41, 5.74) is 9.78. The number of benzene rings is 7. The molecule has 0 radical (unpaired) electrons. The van der Waals surface area contributed by atoms with Crippen LogP contribution in [0.4, 0.5) is 9.59 Å². The zero-order valence-corrected chi connectivity index (χ0v) is 35.2. The molecule has 2 heterocycles. The number of hydrogen-bond donors (Lipinski definition) is 0. The molecule has 0 unspecified atom stereocenters. The Morgan fingerprint density at radius 3 is 1.47 bits per heavy atom. The molecule has 0 spiro atoms. The molecule has 0 saturated heterocycles. The van der Waals surface area contributed by atoms with E-state index in [0.717, 1.165) is 35.0 Å². The molecule has 9 rings (SSSR count). The number of amides is 2. The molecule has 2 amide bonds. The molecule has 2 aliphatic heterocycles. The predicted octanol–water partition coefficient (Wildman–Crippen LogP) is 13.2. The standard InChI is InChI=1S/C25H21NO2.C15H19NO2.C12H9Br/c27-25(28-17-18-8-2-1-3-9-18)26-15-14-23-21-12-5-4-10-19(21)20-11-6-7-13-22(20)24(23)16-26;1-12-8-9-16(10-13(12)2)15(17)18-11-14-6-4-3-5-7-14;13-12-9-5-4-8-11(12)10-6-2-1-3-7-10/h1-13H,14-17H2;3-7H,8-11H2,1-2H3;1-9H. The Labute approximate surface area is 355 Å². The van der Waals surface area contributed by atoms with E-state index < -0.39 is 0 Å². The van der Waals surface area contributed by atoms with Crippen LogP contribution >= 0.6 is 15.9 Å². The highest BCUT2D eigenvalue weighted by Crippen LogP contribution is 2.36. The van der Waals surface area contributed by atoms with E-state index in [0.29, 0.717) is 32.8 Å². The zero-order valence-electron chi connectivity index (χ0n) is 33.7. The predicted molar refractivity (Wildman–Crippen MR) is 243 cm³/mol. The smallest absolute Gasteiger partial charge is 0.410 e. The van der Waals surface area contributed by atoms with E-state index >= 15 is 0 Å². The molecule has 7 aromatic carbocycles. The Balaban J connectivity index is 0.000000146. The van der Waals surface area contributed by atoms with Gasteiger partial charge in [-0.05, 0) is 87.7 Å². The van der Waals surface area contributed by atoms with E-state index in [-0.39, 0.29) is 12.2 Å². The lowest BCUT2D eigenvalue weighted by atomic mass is 9.88. The Kier molecular flexibility index (Phi) is 13.9. The van der Waals surface area contributed by atoms with Crippen molar-refractivity contribution in [3.63, 3.8) is 0 Å². The van der Waals surface area contributed by atoms with Gasteiger partial charge in [-0.25, -0.2) is 9.59 Å². The van der Waals surface area contributed by atoms with Gasteiger partial charge < -0.3 is 19.3 Å². The maximum atomic E-state index is 12.7. The van der Waals surface area contributed by atoms with Gasteiger partial charge in [-0.3, -0.25) is 0 Å². The normalized spacial score (nSPS) is 13.4. The van der Waals surface area contributed by atoms with Crippen molar-refractivity contribution in [3.8, 4) is 11.1 Å². The van der Waals surface area contributed by atoms with E-state index in [1.54, 1.807) is 4.90 Å². The Morgan fingerprint density at radius 2 is 0.932 bits per heavy atom. The summed E-state index contributed by atoms with van der Waals surface area (Å²) in [5.74, 6) is 0. The second-order valence-electron chi connectivity index (χ2n) is 14.9. The monoisotopic (exact) mass is 844 g/mol. The summed E-state index contributed by atoms with van der Waals surface area (Å²) < 4.78 is 12.0. The van der Waals surface area contributed by atoms with Crippen molar-refractivity contribution < 1.29 is 19.1 Å². The number of carbonyl (C=O) groups excluding carboxylic acids is 2. The summed E-state index contributed by atoms with van der Waals surface area (Å²) in [6, 6.07) is 55.2. The van der Waals surface area contributed by atoms with Crippen molar-refractivity contribution in [2.45, 2.75) is 46.4 Å². The van der Waals surface area contributed by atoms with Gasteiger partial charge in [0.2, 0.25) is 0 Å². The van der Waals surface area contributed by atoms with Crippen molar-refractivity contribution in [2.24, 2.45) is 0 Å². The Bertz CT molecular complexity index is 2540. The van der Waals surface area contributed by atoms with E-state index in [1.807, 2.05) is 83.8 Å². The first kappa shape index (κ1) is 41.0. The van der Waals surface area contributed by atoms with Crippen LogP contribution in [0.5, 0.6) is 0 Å². The van der Waals surface area contributed by atoms with Crippen molar-refractivity contribution in [1.29, 1.82) is 0 Å². The molecule has 7 heteroatoms. The topological polar surface area (TPSA) is 59.1 Å². The molecule has 0 fully saturated rings. The van der Waals surface area contributed by atoms with Crippen LogP contribution < -0.4 is 0 Å². The lowest BCUT2D eigenvalue weighted by Gasteiger charge is -2.30. The van der Waals surface area contributed by atoms with Crippen LogP contribution in [0, 0.1) is 0 Å². The summed E-state index contributed by atoms with van der Waals surface area (Å²) in [4.78, 5) is 28.2. The second-order valence-corrected chi connectivity index (χ2v) is 15.7. The first-order valence-corrected chi connectivity index (χ1v) is 20.9. The number of rotatable bonds is 5. The van der Waals surface area contributed by atoms with Crippen LogP contribution in [0.3, 0.4) is 0 Å². The molecule has 59 heavy (non-hydrogen) atoms. The number of hydrogen-bond acceptors (Lipinski definition) is 4. The minimum atomic E-state index is -0.244.